The second-order valence-corrected chi connectivity index (χ2v) is 13.1. The molecule has 0 spiro atoms. The van der Waals surface area contributed by atoms with Gasteiger partial charge in [-0.3, -0.25) is 0 Å². The van der Waals surface area contributed by atoms with Gasteiger partial charge in [0.2, 0.25) is 0 Å². The lowest BCUT2D eigenvalue weighted by Gasteiger charge is -2.14. The SMILES string of the molecule is c1ccc(-c2cc(-c3ccc(-c4nc(-c5ccc6ccccc6c5)nc(-c5ccc6ccccc6c5)n4)cc3)c3c(ccc4ccccc43)n2)cc1. The zero-order valence-corrected chi connectivity index (χ0v) is 28.1. The highest BCUT2D eigenvalue weighted by Crippen LogP contribution is 2.37. The molecule has 0 saturated heterocycles. The van der Waals surface area contributed by atoms with Gasteiger partial charge in [-0.05, 0) is 67.7 Å². The molecule has 242 valence electrons. The van der Waals surface area contributed by atoms with Gasteiger partial charge in [0.15, 0.2) is 17.5 Å². The van der Waals surface area contributed by atoms with E-state index in [1.54, 1.807) is 0 Å². The zero-order chi connectivity index (χ0) is 34.4. The van der Waals surface area contributed by atoms with Crippen molar-refractivity contribution in [3.05, 3.63) is 182 Å². The summed E-state index contributed by atoms with van der Waals surface area (Å²) >= 11 is 0. The van der Waals surface area contributed by atoms with Crippen molar-refractivity contribution in [3.63, 3.8) is 0 Å². The number of aromatic nitrogens is 4. The third-order valence-corrected chi connectivity index (χ3v) is 9.87. The van der Waals surface area contributed by atoms with Crippen LogP contribution in [0.15, 0.2) is 182 Å². The van der Waals surface area contributed by atoms with Crippen LogP contribution in [0.5, 0.6) is 0 Å². The molecule has 0 amide bonds. The van der Waals surface area contributed by atoms with E-state index >= 15 is 0 Å². The summed E-state index contributed by atoms with van der Waals surface area (Å²) in [6.07, 6.45) is 0. The second-order valence-electron chi connectivity index (χ2n) is 13.1. The highest BCUT2D eigenvalue weighted by Gasteiger charge is 2.16. The Labute approximate surface area is 300 Å². The maximum absolute atomic E-state index is 5.13. The lowest BCUT2D eigenvalue weighted by molar-refractivity contribution is 1.08. The Morgan fingerprint density at radius 3 is 1.40 bits per heavy atom. The molecular weight excluding hydrogens is 633 g/mol. The Hall–Kier alpha value is -7.04. The lowest BCUT2D eigenvalue weighted by Crippen LogP contribution is -2.00. The molecule has 0 bridgehead atoms. The molecule has 0 fully saturated rings. The van der Waals surface area contributed by atoms with Gasteiger partial charge in [-0.1, -0.05) is 158 Å². The first kappa shape index (κ1) is 29.8. The third kappa shape index (κ3) is 5.34. The number of pyridine rings is 1. The molecule has 0 aliphatic heterocycles. The van der Waals surface area contributed by atoms with E-state index in [2.05, 4.69) is 176 Å². The maximum atomic E-state index is 5.13. The van der Waals surface area contributed by atoms with Crippen molar-refractivity contribution < 1.29 is 0 Å². The van der Waals surface area contributed by atoms with Crippen molar-refractivity contribution >= 4 is 43.2 Å². The number of benzene rings is 8. The Morgan fingerprint density at radius 2 is 0.769 bits per heavy atom. The van der Waals surface area contributed by atoms with Crippen LogP contribution in [0.1, 0.15) is 0 Å². The number of hydrogen-bond donors (Lipinski definition) is 0. The predicted molar refractivity (Wildman–Crippen MR) is 215 cm³/mol. The van der Waals surface area contributed by atoms with E-state index in [-0.39, 0.29) is 0 Å². The van der Waals surface area contributed by atoms with E-state index in [4.69, 9.17) is 19.9 Å². The van der Waals surface area contributed by atoms with E-state index in [1.807, 2.05) is 6.07 Å². The Bertz CT molecular complexity index is 2850. The van der Waals surface area contributed by atoms with Crippen molar-refractivity contribution in [2.45, 2.75) is 0 Å². The molecule has 0 N–H and O–H groups in total. The Balaban J connectivity index is 1.13. The summed E-state index contributed by atoms with van der Waals surface area (Å²) in [7, 11) is 0. The van der Waals surface area contributed by atoms with E-state index in [0.717, 1.165) is 60.8 Å². The highest BCUT2D eigenvalue weighted by molar-refractivity contribution is 6.13. The molecular formula is C48H30N4. The minimum absolute atomic E-state index is 0.628. The predicted octanol–water partition coefficient (Wildman–Crippen LogP) is 12.2. The van der Waals surface area contributed by atoms with Crippen LogP contribution in [0.2, 0.25) is 0 Å². The fourth-order valence-corrected chi connectivity index (χ4v) is 7.21. The van der Waals surface area contributed by atoms with Gasteiger partial charge in [-0.2, -0.15) is 0 Å². The highest BCUT2D eigenvalue weighted by atomic mass is 15.0. The van der Waals surface area contributed by atoms with Gasteiger partial charge in [0.05, 0.1) is 11.2 Å². The summed E-state index contributed by atoms with van der Waals surface area (Å²) < 4.78 is 0. The molecule has 2 heterocycles. The van der Waals surface area contributed by atoms with E-state index < -0.39 is 0 Å². The molecule has 8 aromatic carbocycles. The quantitative estimate of drug-likeness (QED) is 0.172. The number of fused-ring (bicyclic) bond motifs is 5. The van der Waals surface area contributed by atoms with Crippen LogP contribution in [0.3, 0.4) is 0 Å². The second kappa shape index (κ2) is 12.4. The molecule has 0 atom stereocenters. The van der Waals surface area contributed by atoms with Gasteiger partial charge in [0, 0.05) is 27.6 Å². The van der Waals surface area contributed by atoms with Crippen molar-refractivity contribution in [2.24, 2.45) is 0 Å². The molecule has 0 radical (unpaired) electrons. The molecule has 2 aromatic heterocycles. The van der Waals surface area contributed by atoms with E-state index in [0.29, 0.717) is 17.5 Å². The molecule has 0 saturated carbocycles. The molecule has 0 aliphatic carbocycles. The third-order valence-electron chi connectivity index (χ3n) is 9.87. The van der Waals surface area contributed by atoms with Crippen LogP contribution in [0, 0.1) is 0 Å². The first-order valence-corrected chi connectivity index (χ1v) is 17.5. The zero-order valence-electron chi connectivity index (χ0n) is 28.1. The smallest absolute Gasteiger partial charge is 0.164 e. The van der Waals surface area contributed by atoms with Crippen molar-refractivity contribution in [1.29, 1.82) is 0 Å². The minimum atomic E-state index is 0.628. The van der Waals surface area contributed by atoms with Crippen LogP contribution in [0.4, 0.5) is 0 Å². The van der Waals surface area contributed by atoms with Crippen LogP contribution >= 0.6 is 0 Å². The summed E-state index contributed by atoms with van der Waals surface area (Å²) in [4.78, 5) is 20.4. The van der Waals surface area contributed by atoms with Crippen LogP contribution in [-0.4, -0.2) is 19.9 Å². The molecule has 4 nitrogen and oxygen atoms in total. The number of rotatable bonds is 5. The molecule has 10 aromatic rings. The average molecular weight is 663 g/mol. The van der Waals surface area contributed by atoms with Gasteiger partial charge < -0.3 is 0 Å². The molecule has 52 heavy (non-hydrogen) atoms. The van der Waals surface area contributed by atoms with Crippen LogP contribution < -0.4 is 0 Å². The fraction of sp³-hybridized carbons (Fsp3) is 0. The summed E-state index contributed by atoms with van der Waals surface area (Å²) in [6, 6.07) is 63.5. The summed E-state index contributed by atoms with van der Waals surface area (Å²) in [5, 5.41) is 8.16. The van der Waals surface area contributed by atoms with Gasteiger partial charge in [-0.25, -0.2) is 19.9 Å². The summed E-state index contributed by atoms with van der Waals surface area (Å²) in [6.45, 7) is 0. The molecule has 4 heteroatoms. The molecule has 0 unspecified atom stereocenters. The first-order chi connectivity index (χ1) is 25.7. The van der Waals surface area contributed by atoms with Gasteiger partial charge in [0.25, 0.3) is 0 Å². The van der Waals surface area contributed by atoms with Gasteiger partial charge >= 0.3 is 0 Å². The summed E-state index contributed by atoms with van der Waals surface area (Å²) in [5.41, 5.74) is 8.05. The monoisotopic (exact) mass is 662 g/mol. The van der Waals surface area contributed by atoms with Gasteiger partial charge in [-0.15, -0.1) is 0 Å². The maximum Gasteiger partial charge on any atom is 0.164 e. The average Bonchev–Trinajstić information content (AvgIpc) is 3.23. The largest absolute Gasteiger partial charge is 0.248 e. The number of nitrogens with zero attached hydrogens (tertiary/aromatic N) is 4. The van der Waals surface area contributed by atoms with E-state index in [9.17, 15) is 0 Å². The Morgan fingerprint density at radius 1 is 0.288 bits per heavy atom. The van der Waals surface area contributed by atoms with Crippen molar-refractivity contribution in [2.75, 3.05) is 0 Å². The molecule has 10 rings (SSSR count). The van der Waals surface area contributed by atoms with Crippen molar-refractivity contribution in [3.8, 4) is 56.5 Å². The lowest BCUT2D eigenvalue weighted by atomic mass is 9.94. The Kier molecular flexibility index (Phi) is 7.10. The van der Waals surface area contributed by atoms with Crippen LogP contribution in [0.25, 0.3) is 99.8 Å². The van der Waals surface area contributed by atoms with Gasteiger partial charge in [0.1, 0.15) is 0 Å². The van der Waals surface area contributed by atoms with Crippen molar-refractivity contribution in [1.82, 2.24) is 19.9 Å². The van der Waals surface area contributed by atoms with E-state index in [1.165, 1.54) is 21.5 Å². The topological polar surface area (TPSA) is 51.6 Å². The normalized spacial score (nSPS) is 11.5. The minimum Gasteiger partial charge on any atom is -0.248 e. The number of hydrogen-bond acceptors (Lipinski definition) is 4. The van der Waals surface area contributed by atoms with Crippen LogP contribution in [-0.2, 0) is 0 Å². The standard InChI is InChI=1S/C48H30N4/c1-2-13-35(14-3-1)44-30-42(45-41-17-9-8-12-33(41)26-27-43(45)49-44)34-20-22-36(23-21-34)46-50-47(39-24-18-31-10-4-6-15-37(31)28-39)52-48(51-46)40-25-19-32-11-5-7-16-38(32)29-40/h1-30H. The summed E-state index contributed by atoms with van der Waals surface area (Å²) in [5.74, 6) is 1.91. The molecule has 0 aliphatic rings. The fourth-order valence-electron chi connectivity index (χ4n) is 7.21. The first-order valence-electron chi connectivity index (χ1n) is 17.5.